The molecule has 0 unspecified atom stereocenters. The van der Waals surface area contributed by atoms with Gasteiger partial charge in [-0.15, -0.1) is 5.92 Å². The lowest BCUT2D eigenvalue weighted by Crippen LogP contribution is -2.52. The van der Waals surface area contributed by atoms with E-state index in [-0.39, 0.29) is 23.8 Å². The molecule has 1 aromatic rings. The van der Waals surface area contributed by atoms with Crippen molar-refractivity contribution in [1.29, 1.82) is 0 Å². The summed E-state index contributed by atoms with van der Waals surface area (Å²) in [6, 6.07) is 4.97. The van der Waals surface area contributed by atoms with Gasteiger partial charge in [-0.1, -0.05) is 5.92 Å². The molecule has 0 saturated carbocycles. The number of carbonyl (C=O) groups excluding carboxylic acids is 1. The van der Waals surface area contributed by atoms with E-state index in [0.717, 1.165) is 4.31 Å². The van der Waals surface area contributed by atoms with Crippen LogP contribution in [-0.2, 0) is 19.6 Å². The van der Waals surface area contributed by atoms with Crippen LogP contribution in [0.25, 0.3) is 0 Å². The van der Waals surface area contributed by atoms with Crippen LogP contribution in [0.2, 0.25) is 0 Å². The smallest absolute Gasteiger partial charge is 0.243 e. The minimum Gasteiger partial charge on any atom is -0.481 e. The van der Waals surface area contributed by atoms with Crippen LogP contribution in [-0.4, -0.2) is 81.3 Å². The fourth-order valence-electron chi connectivity index (χ4n) is 2.87. The Balaban J connectivity index is 2.21. The molecule has 1 aliphatic heterocycles. The third-order valence-corrected chi connectivity index (χ3v) is 6.78. The van der Waals surface area contributed by atoms with Gasteiger partial charge in [-0.3, -0.25) is 9.69 Å². The number of sulfonamides is 1. The van der Waals surface area contributed by atoms with Crippen molar-refractivity contribution >= 4 is 28.6 Å². The minimum absolute atomic E-state index is 0.00540. The van der Waals surface area contributed by atoms with Crippen LogP contribution in [0.15, 0.2) is 29.2 Å². The second-order valence-electron chi connectivity index (χ2n) is 6.36. The Morgan fingerprint density at radius 3 is 2.55 bits per heavy atom. The van der Waals surface area contributed by atoms with Gasteiger partial charge in [0.1, 0.15) is 18.4 Å². The number of carbonyl (C=O) groups is 1. The Morgan fingerprint density at radius 2 is 2.00 bits per heavy atom. The van der Waals surface area contributed by atoms with Crippen molar-refractivity contribution in [3.05, 3.63) is 24.3 Å². The van der Waals surface area contributed by atoms with Gasteiger partial charge >= 0.3 is 0 Å². The van der Waals surface area contributed by atoms with Gasteiger partial charge in [-0.2, -0.15) is 16.9 Å². The average molecular weight is 442 g/mol. The predicted octanol–water partition coefficient (Wildman–Crippen LogP) is 0.195. The second-order valence-corrected chi connectivity index (χ2v) is 8.61. The number of hydrogen-bond donors (Lipinski definition) is 2. The molecular formula is C19H27N3O5S2. The molecule has 1 heterocycles. The monoisotopic (exact) mass is 441 g/mol. The fraction of sp³-hybridized carbons (Fsp3) is 0.526. The largest absolute Gasteiger partial charge is 0.481 e. The van der Waals surface area contributed by atoms with Gasteiger partial charge in [0, 0.05) is 31.9 Å². The zero-order chi connectivity index (χ0) is 21.3. The Labute approximate surface area is 177 Å². The molecule has 2 N–H and O–H groups in total. The number of hydrogen-bond acceptors (Lipinski definition) is 7. The molecule has 1 aliphatic rings. The number of amides is 1. The molecule has 1 atom stereocenters. The fourth-order valence-corrected chi connectivity index (χ4v) is 4.94. The first-order chi connectivity index (χ1) is 13.9. The molecule has 160 valence electrons. The Hall–Kier alpha value is -1.77. The first-order valence-electron chi connectivity index (χ1n) is 9.24. The number of thiol groups is 1. The third kappa shape index (κ3) is 6.62. The first kappa shape index (κ1) is 23.5. The zero-order valence-electron chi connectivity index (χ0n) is 16.4. The van der Waals surface area contributed by atoms with Crippen LogP contribution in [0, 0.1) is 11.8 Å². The third-order valence-electron chi connectivity index (χ3n) is 4.51. The van der Waals surface area contributed by atoms with E-state index in [2.05, 4.69) is 29.4 Å². The molecule has 2 rings (SSSR count). The number of ether oxygens (including phenoxy) is 2. The number of primary amides is 1. The van der Waals surface area contributed by atoms with Crippen LogP contribution in [0.3, 0.4) is 0 Å². The Kier molecular flexibility index (Phi) is 9.26. The molecule has 10 heteroatoms. The van der Waals surface area contributed by atoms with Gasteiger partial charge in [0.05, 0.1) is 18.1 Å². The van der Waals surface area contributed by atoms with E-state index < -0.39 is 22.0 Å². The van der Waals surface area contributed by atoms with E-state index in [9.17, 15) is 13.2 Å². The van der Waals surface area contributed by atoms with Crippen molar-refractivity contribution in [3.63, 3.8) is 0 Å². The highest BCUT2D eigenvalue weighted by atomic mass is 32.2. The predicted molar refractivity (Wildman–Crippen MR) is 113 cm³/mol. The van der Waals surface area contributed by atoms with Crippen molar-refractivity contribution in [1.82, 2.24) is 9.21 Å². The molecule has 8 nitrogen and oxygen atoms in total. The lowest BCUT2D eigenvalue weighted by atomic mass is 10.3. The molecule has 0 aliphatic carbocycles. The van der Waals surface area contributed by atoms with Crippen LogP contribution in [0.4, 0.5) is 0 Å². The maximum Gasteiger partial charge on any atom is 0.243 e. The van der Waals surface area contributed by atoms with E-state index >= 15 is 0 Å². The van der Waals surface area contributed by atoms with Crippen molar-refractivity contribution in [2.45, 2.75) is 17.9 Å². The summed E-state index contributed by atoms with van der Waals surface area (Å²) in [5.74, 6) is 5.26. The quantitative estimate of drug-likeness (QED) is 0.397. The van der Waals surface area contributed by atoms with Crippen LogP contribution < -0.4 is 10.5 Å². The Bertz CT molecular complexity index is 828. The van der Waals surface area contributed by atoms with Gasteiger partial charge < -0.3 is 15.2 Å². The number of benzene rings is 1. The molecule has 1 fully saturated rings. The van der Waals surface area contributed by atoms with E-state index in [4.69, 9.17) is 15.2 Å². The zero-order valence-corrected chi connectivity index (χ0v) is 18.1. The summed E-state index contributed by atoms with van der Waals surface area (Å²) in [4.78, 5) is 14.1. The molecule has 0 spiro atoms. The van der Waals surface area contributed by atoms with Gasteiger partial charge in [0.15, 0.2) is 0 Å². The lowest BCUT2D eigenvalue weighted by molar-refractivity contribution is -0.121. The van der Waals surface area contributed by atoms with Crippen molar-refractivity contribution in [2.75, 3.05) is 51.8 Å². The summed E-state index contributed by atoms with van der Waals surface area (Å²) in [5.41, 5.74) is 5.46. The minimum atomic E-state index is -3.96. The van der Waals surface area contributed by atoms with E-state index in [0.29, 0.717) is 38.6 Å². The van der Waals surface area contributed by atoms with Gasteiger partial charge in [0.25, 0.3) is 0 Å². The molecule has 1 saturated heterocycles. The van der Waals surface area contributed by atoms with Crippen LogP contribution in [0.1, 0.15) is 6.92 Å². The van der Waals surface area contributed by atoms with E-state index in [1.165, 1.54) is 12.1 Å². The van der Waals surface area contributed by atoms with Crippen LogP contribution >= 0.6 is 12.6 Å². The van der Waals surface area contributed by atoms with Crippen molar-refractivity contribution in [2.24, 2.45) is 5.73 Å². The van der Waals surface area contributed by atoms with Crippen molar-refractivity contribution in [3.8, 4) is 17.6 Å². The summed E-state index contributed by atoms with van der Waals surface area (Å²) in [5, 5.41) is 0. The Morgan fingerprint density at radius 1 is 1.34 bits per heavy atom. The highest BCUT2D eigenvalue weighted by Gasteiger charge is 2.34. The molecule has 0 aromatic heterocycles. The SMILES string of the molecule is CC#CCOc1ccc(S(=O)(=O)N(CCN2CCOCC2)[C@@H](CS)C(N)=O)cc1. The number of nitrogens with two attached hydrogens (primary N) is 1. The summed E-state index contributed by atoms with van der Waals surface area (Å²) in [6.07, 6.45) is 0. The maximum atomic E-state index is 13.3. The lowest BCUT2D eigenvalue weighted by Gasteiger charge is -2.32. The molecule has 0 radical (unpaired) electrons. The molecular weight excluding hydrogens is 414 g/mol. The van der Waals surface area contributed by atoms with Gasteiger partial charge in [-0.05, 0) is 31.2 Å². The molecule has 0 bridgehead atoms. The highest BCUT2D eigenvalue weighted by molar-refractivity contribution is 7.89. The topological polar surface area (TPSA) is 102 Å². The van der Waals surface area contributed by atoms with E-state index in [1.54, 1.807) is 19.1 Å². The number of morpholine rings is 1. The van der Waals surface area contributed by atoms with Crippen LogP contribution in [0.5, 0.6) is 5.75 Å². The summed E-state index contributed by atoms with van der Waals surface area (Å²) in [6.45, 7) is 5.15. The van der Waals surface area contributed by atoms with Crippen molar-refractivity contribution < 1.29 is 22.7 Å². The molecule has 1 amide bonds. The van der Waals surface area contributed by atoms with E-state index in [1.807, 2.05) is 0 Å². The first-order valence-corrected chi connectivity index (χ1v) is 11.3. The van der Waals surface area contributed by atoms with Gasteiger partial charge in [0.2, 0.25) is 15.9 Å². The molecule has 29 heavy (non-hydrogen) atoms. The summed E-state index contributed by atoms with van der Waals surface area (Å²) in [7, 11) is -3.96. The molecule has 1 aromatic carbocycles. The van der Waals surface area contributed by atoms with Gasteiger partial charge in [-0.25, -0.2) is 8.42 Å². The maximum absolute atomic E-state index is 13.3. The normalized spacial score (nSPS) is 16.1. The summed E-state index contributed by atoms with van der Waals surface area (Å²) >= 11 is 4.15. The standard InChI is InChI=1S/C19H27N3O5S2/c1-2-3-12-27-16-4-6-17(7-5-16)29(24,25)22(18(15-28)19(20)23)9-8-21-10-13-26-14-11-21/h4-7,18,28H,8-15H2,1H3,(H2,20,23)/t18-/m0/s1. The number of nitrogens with zero attached hydrogens (tertiary/aromatic N) is 2. The summed E-state index contributed by atoms with van der Waals surface area (Å²) < 4.78 is 38.4. The highest BCUT2D eigenvalue weighted by Crippen LogP contribution is 2.22. The number of rotatable bonds is 10. The average Bonchev–Trinajstić information content (AvgIpc) is 2.72. The second kappa shape index (κ2) is 11.4.